The third kappa shape index (κ3) is 3.95. The Hall–Kier alpha value is -2.42. The van der Waals surface area contributed by atoms with Gasteiger partial charge in [0.1, 0.15) is 6.26 Å². The van der Waals surface area contributed by atoms with E-state index in [1.807, 2.05) is 6.07 Å². The van der Waals surface area contributed by atoms with Crippen LogP contribution in [0, 0.1) is 0 Å². The van der Waals surface area contributed by atoms with Crippen LogP contribution in [0.15, 0.2) is 40.7 Å². The first-order valence-corrected chi connectivity index (χ1v) is 16.8. The van der Waals surface area contributed by atoms with Crippen LogP contribution in [0.1, 0.15) is 37.3 Å². The Kier molecular flexibility index (Phi) is 6.18. The van der Waals surface area contributed by atoms with Crippen LogP contribution >= 0.6 is 15.9 Å². The summed E-state index contributed by atoms with van der Waals surface area (Å²) < 4.78 is 6.83. The van der Waals surface area contributed by atoms with Gasteiger partial charge in [-0.05, 0) is 37.0 Å². The third-order valence-electron chi connectivity index (χ3n) is 7.71. The molecule has 0 spiro atoms. The van der Waals surface area contributed by atoms with Crippen LogP contribution in [0.5, 0.6) is 0 Å². The van der Waals surface area contributed by atoms with Gasteiger partial charge in [0.25, 0.3) is 5.56 Å². The maximum atomic E-state index is 13.5. The van der Waals surface area contributed by atoms with Crippen molar-refractivity contribution in [1.29, 1.82) is 0 Å². The number of cyclic esters (lactones) is 1. The maximum Gasteiger partial charge on any atom is 0.347 e. The number of pyridine rings is 1. The molecule has 0 radical (unpaired) electrons. The lowest BCUT2D eigenvalue weighted by molar-refractivity contribution is -0.160. The molecule has 184 valence electrons. The van der Waals surface area contributed by atoms with E-state index in [1.54, 1.807) is 17.6 Å². The lowest BCUT2D eigenvalue weighted by atomic mass is 9.89. The summed E-state index contributed by atoms with van der Waals surface area (Å²) in [6.45, 7) is 7.09. The molecule has 5 rings (SSSR count). The Morgan fingerprint density at radius 2 is 2.00 bits per heavy atom. The number of carbonyl (C=O) groups excluding carboxylic acids is 1. The number of nitrogens with zero attached hydrogens (tertiary/aromatic N) is 1. The quantitative estimate of drug-likeness (QED) is 0.310. The number of rotatable bonds is 7. The Labute approximate surface area is 214 Å². The summed E-state index contributed by atoms with van der Waals surface area (Å²) in [5.41, 5.74) is 3.78. The molecule has 0 aliphatic carbocycles. The zero-order valence-corrected chi connectivity index (χ0v) is 23.0. The van der Waals surface area contributed by atoms with Crippen molar-refractivity contribution < 1.29 is 14.6 Å². The monoisotopic (exact) mass is 554 g/mol. The molecule has 3 aliphatic heterocycles. The van der Waals surface area contributed by atoms with Gasteiger partial charge in [0.05, 0.1) is 22.8 Å². The highest BCUT2D eigenvalue weighted by atomic mass is 79.9. The Bertz CT molecular complexity index is 1440. The molecule has 35 heavy (non-hydrogen) atoms. The van der Waals surface area contributed by atoms with Gasteiger partial charge in [-0.25, -0.2) is 4.79 Å². The molecule has 6 nitrogen and oxygen atoms in total. The van der Waals surface area contributed by atoms with Crippen molar-refractivity contribution in [3.8, 4) is 0 Å². The molecule has 0 saturated heterocycles. The second kappa shape index (κ2) is 8.91. The summed E-state index contributed by atoms with van der Waals surface area (Å²) in [6, 6.07) is 12.6. The first-order chi connectivity index (χ1) is 16.7. The summed E-state index contributed by atoms with van der Waals surface area (Å²) >= 11 is 3.57. The molecule has 1 aromatic heterocycles. The zero-order chi connectivity index (χ0) is 25.0. The number of carbonyl (C=O) groups is 1. The van der Waals surface area contributed by atoms with Crippen molar-refractivity contribution in [2.75, 3.05) is 10.6 Å². The third-order valence-corrected chi connectivity index (χ3v) is 11.6. The highest BCUT2D eigenvalue weighted by Gasteiger charge is 2.43. The molecule has 2 N–H and O–H groups in total. The zero-order valence-electron chi connectivity index (χ0n) is 20.4. The Morgan fingerprint density at radius 1 is 1.23 bits per heavy atom. The number of esters is 1. The van der Waals surface area contributed by atoms with E-state index in [0.29, 0.717) is 17.5 Å². The van der Waals surface area contributed by atoms with Crippen LogP contribution in [-0.4, -0.2) is 29.0 Å². The fourth-order valence-corrected chi connectivity index (χ4v) is 8.60. The fraction of sp³-hybridized carbons (Fsp3) is 0.407. The summed E-state index contributed by atoms with van der Waals surface area (Å²) in [4.78, 5) is 26.0. The molecule has 0 bridgehead atoms. The van der Waals surface area contributed by atoms with E-state index in [0.717, 1.165) is 28.7 Å². The second-order valence-corrected chi connectivity index (χ2v) is 16.6. The van der Waals surface area contributed by atoms with Crippen molar-refractivity contribution >= 4 is 53.2 Å². The van der Waals surface area contributed by atoms with Crippen LogP contribution in [0.2, 0.25) is 25.2 Å². The standard InChI is InChI=1S/C27H31BrN2O4Si/c1-4-27(33)21-14-23-24-19(15-30(23)25(31)20(21)16-34-26(27)32)17(10-13-35(2,3)12-7-11-28)18-8-5-6-9-22(18)29-24/h5-6,8-9,14,16,29,33H,4,7,10-13,15H2,1-3H3. The largest absolute Gasteiger partial charge is 0.431 e. The molecule has 1 aromatic carbocycles. The number of aliphatic hydroxyl groups is 1. The van der Waals surface area contributed by atoms with Crippen LogP contribution in [0.4, 0.5) is 5.69 Å². The number of alkyl halides is 1. The number of ether oxygens (including phenoxy) is 1. The summed E-state index contributed by atoms with van der Waals surface area (Å²) in [7, 11) is -1.37. The number of hydrogen-bond donors (Lipinski definition) is 2. The van der Waals surface area contributed by atoms with Gasteiger partial charge >= 0.3 is 5.97 Å². The average molecular weight is 556 g/mol. The van der Waals surface area contributed by atoms with Gasteiger partial charge in [-0.2, -0.15) is 0 Å². The summed E-state index contributed by atoms with van der Waals surface area (Å²) in [5, 5.41) is 16.7. The van der Waals surface area contributed by atoms with Crippen LogP contribution < -0.4 is 21.4 Å². The smallest absolute Gasteiger partial charge is 0.347 e. The van der Waals surface area contributed by atoms with E-state index in [-0.39, 0.29) is 17.2 Å². The van der Waals surface area contributed by atoms with E-state index in [2.05, 4.69) is 52.5 Å². The van der Waals surface area contributed by atoms with Crippen LogP contribution in [-0.2, 0) is 21.7 Å². The molecule has 8 heteroatoms. The molecule has 0 saturated carbocycles. The highest BCUT2D eigenvalue weighted by Crippen LogP contribution is 2.41. The van der Waals surface area contributed by atoms with Gasteiger partial charge in [0.15, 0.2) is 5.60 Å². The number of benzene rings is 1. The van der Waals surface area contributed by atoms with Crippen molar-refractivity contribution in [1.82, 2.24) is 4.57 Å². The number of nitrogens with one attached hydrogen (secondary N) is 1. The van der Waals surface area contributed by atoms with E-state index >= 15 is 0 Å². The number of fused-ring (bicyclic) bond motifs is 4. The second-order valence-electron chi connectivity index (χ2n) is 10.4. The van der Waals surface area contributed by atoms with E-state index in [9.17, 15) is 14.7 Å². The van der Waals surface area contributed by atoms with E-state index in [1.165, 1.54) is 35.9 Å². The maximum absolute atomic E-state index is 13.5. The lowest BCUT2D eigenvalue weighted by Gasteiger charge is -2.28. The van der Waals surface area contributed by atoms with Crippen LogP contribution in [0.3, 0.4) is 0 Å². The molecule has 2 aromatic rings. The van der Waals surface area contributed by atoms with Crippen molar-refractivity contribution in [2.45, 2.75) is 63.5 Å². The van der Waals surface area contributed by atoms with E-state index in [4.69, 9.17) is 4.74 Å². The van der Waals surface area contributed by atoms with Gasteiger partial charge in [-0.15, -0.1) is 0 Å². The minimum atomic E-state index is -1.83. The predicted octanol–water partition coefficient (Wildman–Crippen LogP) is 3.63. The minimum absolute atomic E-state index is 0.128. The lowest BCUT2D eigenvalue weighted by Crippen LogP contribution is -2.52. The SMILES string of the molecule is CCC1(O)C(=O)OC=c2c1cc1n(c2=O)CC2=C(CC[Si](C)(C)CCCBr)c3ccccc3NC=12. The summed E-state index contributed by atoms with van der Waals surface area (Å²) in [6.07, 6.45) is 3.49. The molecule has 1 atom stereocenters. The van der Waals surface area contributed by atoms with Crippen molar-refractivity contribution in [3.63, 3.8) is 0 Å². The average Bonchev–Trinajstić information content (AvgIpc) is 3.22. The molecule has 3 aliphatic rings. The van der Waals surface area contributed by atoms with Crippen molar-refractivity contribution in [3.05, 3.63) is 68.0 Å². The Morgan fingerprint density at radius 3 is 2.74 bits per heavy atom. The molecule has 1 unspecified atom stereocenters. The van der Waals surface area contributed by atoms with Gasteiger partial charge in [0, 0.05) is 35.8 Å². The van der Waals surface area contributed by atoms with Gasteiger partial charge in [0.2, 0.25) is 0 Å². The van der Waals surface area contributed by atoms with E-state index < -0.39 is 19.6 Å². The number of hydrogen-bond acceptors (Lipinski definition) is 5. The normalized spacial score (nSPS) is 20.4. The number of halogens is 1. The Balaban J connectivity index is 1.69. The first-order valence-electron chi connectivity index (χ1n) is 12.3. The number of para-hydroxylation sites is 1. The molecule has 0 amide bonds. The number of aromatic nitrogens is 1. The topological polar surface area (TPSA) is 80.6 Å². The van der Waals surface area contributed by atoms with Crippen molar-refractivity contribution in [2.24, 2.45) is 0 Å². The van der Waals surface area contributed by atoms with Gasteiger partial charge in [-0.1, -0.05) is 66.2 Å². The molecular formula is C27H31BrN2O4Si. The molecular weight excluding hydrogens is 524 g/mol. The molecule has 0 fully saturated rings. The predicted molar refractivity (Wildman–Crippen MR) is 145 cm³/mol. The number of allylic oxidation sites excluding steroid dienone is 1. The molecule has 4 heterocycles. The fourth-order valence-electron chi connectivity index (χ4n) is 5.49. The van der Waals surface area contributed by atoms with Crippen LogP contribution in [0.25, 0.3) is 17.5 Å². The van der Waals surface area contributed by atoms with Gasteiger partial charge < -0.3 is 19.7 Å². The highest BCUT2D eigenvalue weighted by molar-refractivity contribution is 9.09. The number of anilines is 1. The summed E-state index contributed by atoms with van der Waals surface area (Å²) in [5.74, 6) is -0.742. The van der Waals surface area contributed by atoms with Gasteiger partial charge in [-0.3, -0.25) is 4.79 Å². The minimum Gasteiger partial charge on any atom is -0.431 e. The first kappa shape index (κ1) is 24.3.